The molecule has 0 radical (unpaired) electrons. The van der Waals surface area contributed by atoms with Gasteiger partial charge in [-0.25, -0.2) is 0 Å². The van der Waals surface area contributed by atoms with E-state index in [9.17, 15) is 5.11 Å². The molecule has 2 rings (SSSR count). The van der Waals surface area contributed by atoms with E-state index in [1.165, 1.54) is 10.9 Å². The van der Waals surface area contributed by atoms with E-state index in [0.29, 0.717) is 14.3 Å². The van der Waals surface area contributed by atoms with Crippen molar-refractivity contribution in [2.75, 3.05) is 0 Å². The molecule has 0 saturated heterocycles. The van der Waals surface area contributed by atoms with Gasteiger partial charge in [-0.15, -0.1) is 0 Å². The molecule has 152 valence electrons. The van der Waals surface area contributed by atoms with Crippen LogP contribution in [-0.4, -0.2) is 16.9 Å². The minimum absolute atomic E-state index is 0.0766. The molecule has 1 unspecified atom stereocenters. The van der Waals surface area contributed by atoms with Gasteiger partial charge >= 0.3 is 35.6 Å². The van der Waals surface area contributed by atoms with Gasteiger partial charge in [0.2, 0.25) is 0 Å². The van der Waals surface area contributed by atoms with Gasteiger partial charge in [-0.05, 0) is 49.5 Å². The van der Waals surface area contributed by atoms with Crippen LogP contribution in [0.5, 0.6) is 5.75 Å². The number of nitrogens with zero attached hydrogens (tertiary/aromatic N) is 1. The summed E-state index contributed by atoms with van der Waals surface area (Å²) in [5.74, 6) is 0.426. The molecule has 1 atom stereocenters. The number of aliphatic imine (C=N–C) groups is 1. The minimum atomic E-state index is -0.556. The topological polar surface area (TPSA) is 32.6 Å². The van der Waals surface area contributed by atoms with Crippen LogP contribution in [0, 0.1) is 6.92 Å². The molecular formula is C22H30Cl2NOPTi. The summed E-state index contributed by atoms with van der Waals surface area (Å²) in [6.07, 6.45) is 1.97. The first-order valence-corrected chi connectivity index (χ1v) is 14.4. The van der Waals surface area contributed by atoms with E-state index < -0.39 is 17.0 Å². The maximum atomic E-state index is 10.8. The Morgan fingerprint density at radius 3 is 2.11 bits per heavy atom. The molecular weight excluding hydrogens is 444 g/mol. The molecule has 6 heteroatoms. The summed E-state index contributed by atoms with van der Waals surface area (Å²) in [7, 11) is 10.2. The van der Waals surface area contributed by atoms with Gasteiger partial charge in [-0.1, -0.05) is 65.8 Å². The maximum absolute atomic E-state index is 10.8. The van der Waals surface area contributed by atoms with Crippen LogP contribution in [-0.2, 0) is 22.4 Å². The number of aromatic hydroxyl groups is 1. The first-order valence-electron chi connectivity index (χ1n) is 9.11. The van der Waals surface area contributed by atoms with Crippen LogP contribution >= 0.6 is 27.2 Å². The van der Waals surface area contributed by atoms with E-state index in [1.54, 1.807) is 0 Å². The summed E-state index contributed by atoms with van der Waals surface area (Å²) < 4.78 is 0. The standard InChI is InChI=1S/C22H30NOP.2ClH.Ti/c1-15-10-8-11-16(14-23-22(5,6)7)20(15)25-18-13-9-12-17(19(18)24)21(2,3)4;;;/h8-14,24-25H,1-7H3;2*1H;/q;;;+2/p-2. The Hall–Kier alpha value is -0.366. The van der Waals surface area contributed by atoms with E-state index in [1.807, 2.05) is 24.4 Å². The summed E-state index contributed by atoms with van der Waals surface area (Å²) in [6, 6.07) is 12.4. The summed E-state index contributed by atoms with van der Waals surface area (Å²) in [6.45, 7) is 14.8. The number of hydrogen-bond donors (Lipinski definition) is 1. The predicted molar refractivity (Wildman–Crippen MR) is 125 cm³/mol. The van der Waals surface area contributed by atoms with Gasteiger partial charge < -0.3 is 5.11 Å². The van der Waals surface area contributed by atoms with E-state index in [0.717, 1.165) is 16.4 Å². The normalized spacial score (nSPS) is 12.3. The fourth-order valence-corrected chi connectivity index (χ4v) is 3.89. The van der Waals surface area contributed by atoms with Gasteiger partial charge in [0.25, 0.3) is 0 Å². The van der Waals surface area contributed by atoms with E-state index in [2.05, 4.69) is 71.7 Å². The summed E-state index contributed by atoms with van der Waals surface area (Å²) in [4.78, 5) is 4.67. The van der Waals surface area contributed by atoms with Crippen LogP contribution in [0.15, 0.2) is 41.4 Å². The Kier molecular flexibility index (Phi) is 10.2. The average Bonchev–Trinajstić information content (AvgIpc) is 2.56. The molecule has 0 aliphatic carbocycles. The third-order valence-electron chi connectivity index (χ3n) is 4.00. The second kappa shape index (κ2) is 11.1. The van der Waals surface area contributed by atoms with Crippen molar-refractivity contribution in [2.45, 2.75) is 59.4 Å². The van der Waals surface area contributed by atoms with Crippen LogP contribution in [0.25, 0.3) is 0 Å². The van der Waals surface area contributed by atoms with Crippen molar-refractivity contribution < 1.29 is 22.1 Å². The third-order valence-corrected chi connectivity index (χ3v) is 5.61. The van der Waals surface area contributed by atoms with Crippen molar-refractivity contribution in [2.24, 2.45) is 4.99 Å². The van der Waals surface area contributed by atoms with Gasteiger partial charge in [0.1, 0.15) is 5.75 Å². The molecule has 0 spiro atoms. The van der Waals surface area contributed by atoms with Crippen LogP contribution < -0.4 is 10.6 Å². The molecule has 28 heavy (non-hydrogen) atoms. The zero-order chi connectivity index (χ0) is 21.5. The van der Waals surface area contributed by atoms with Crippen LogP contribution in [0.3, 0.4) is 0 Å². The molecule has 0 amide bonds. The van der Waals surface area contributed by atoms with Gasteiger partial charge in [-0.2, -0.15) is 0 Å². The quantitative estimate of drug-likeness (QED) is 0.320. The molecule has 0 saturated carbocycles. The fourth-order valence-electron chi connectivity index (χ4n) is 2.62. The number of rotatable bonds is 3. The predicted octanol–water partition coefficient (Wildman–Crippen LogP) is 6.22. The third kappa shape index (κ3) is 8.17. The van der Waals surface area contributed by atoms with Crippen LogP contribution in [0.2, 0.25) is 0 Å². The number of halogens is 2. The number of phenolic OH excluding ortho intramolecular Hbond substituents is 1. The Balaban J connectivity index is 0.00000122. The summed E-state index contributed by atoms with van der Waals surface area (Å²) in [5.41, 5.74) is 3.19. The van der Waals surface area contributed by atoms with Crippen molar-refractivity contribution >= 4 is 44.0 Å². The molecule has 1 N–H and O–H groups in total. The SMILES string of the molecule is Cc1cccc(C=NC(C)(C)C)c1Pc1cccc(C(C)(C)C)c1O.[Cl][Ti][Cl]. The Labute approximate surface area is 188 Å². The molecule has 0 heterocycles. The van der Waals surface area contributed by atoms with Gasteiger partial charge in [-0.3, -0.25) is 4.99 Å². The molecule has 0 aliphatic rings. The number of hydrogen-bond acceptors (Lipinski definition) is 2. The average molecular weight is 474 g/mol. The summed E-state index contributed by atoms with van der Waals surface area (Å²) >= 11 is -0.556. The van der Waals surface area contributed by atoms with Crippen LogP contribution in [0.1, 0.15) is 58.2 Å². The number of para-hydroxylation sites is 1. The van der Waals surface area contributed by atoms with E-state index >= 15 is 0 Å². The van der Waals surface area contributed by atoms with E-state index in [4.69, 9.17) is 18.6 Å². The molecule has 2 aromatic rings. The first kappa shape index (κ1) is 25.7. The number of benzene rings is 2. The fraction of sp³-hybridized carbons (Fsp3) is 0.409. The monoisotopic (exact) mass is 473 g/mol. The summed E-state index contributed by atoms with van der Waals surface area (Å²) in [5, 5.41) is 13.0. The molecule has 0 aromatic heterocycles. The first-order chi connectivity index (χ1) is 12.9. The second-order valence-electron chi connectivity index (χ2n) is 8.62. The van der Waals surface area contributed by atoms with Crippen molar-refractivity contribution in [1.29, 1.82) is 0 Å². The molecule has 2 aromatic carbocycles. The molecule has 0 bridgehead atoms. The Morgan fingerprint density at radius 2 is 1.57 bits per heavy atom. The van der Waals surface area contributed by atoms with Crippen LogP contribution in [0.4, 0.5) is 0 Å². The molecule has 0 fully saturated rings. The van der Waals surface area contributed by atoms with Gasteiger partial charge in [0.15, 0.2) is 0 Å². The Bertz CT molecular complexity index is 811. The Morgan fingerprint density at radius 1 is 1.00 bits per heavy atom. The zero-order valence-corrected chi connectivity index (χ0v) is 21.8. The van der Waals surface area contributed by atoms with Crippen molar-refractivity contribution in [1.82, 2.24) is 0 Å². The number of aryl methyl sites for hydroxylation is 1. The van der Waals surface area contributed by atoms with Crippen molar-refractivity contribution in [3.8, 4) is 5.75 Å². The zero-order valence-electron chi connectivity index (χ0n) is 17.7. The second-order valence-corrected chi connectivity index (χ2v) is 12.5. The van der Waals surface area contributed by atoms with E-state index in [-0.39, 0.29) is 11.0 Å². The number of phenols is 1. The van der Waals surface area contributed by atoms with Gasteiger partial charge in [0, 0.05) is 17.1 Å². The molecule has 2 nitrogen and oxygen atoms in total. The van der Waals surface area contributed by atoms with Gasteiger partial charge in [0.05, 0.1) is 5.54 Å². The van der Waals surface area contributed by atoms with Crippen molar-refractivity contribution in [3.63, 3.8) is 0 Å². The molecule has 0 aliphatic heterocycles. The van der Waals surface area contributed by atoms with Crippen molar-refractivity contribution in [3.05, 3.63) is 53.1 Å².